The lowest BCUT2D eigenvalue weighted by molar-refractivity contribution is -0.136. The van der Waals surface area contributed by atoms with Crippen LogP contribution in [0.4, 0.5) is 8.78 Å². The van der Waals surface area contributed by atoms with Crippen molar-refractivity contribution in [2.45, 2.75) is 18.8 Å². The molecule has 0 aromatic heterocycles. The van der Waals surface area contributed by atoms with Gasteiger partial charge in [0.1, 0.15) is 0 Å². The smallest absolute Gasteiger partial charge is 0.320 e. The number of allylic oxidation sites excluding steroid dienone is 3. The van der Waals surface area contributed by atoms with E-state index in [-0.39, 0.29) is 11.3 Å². The number of alkyl halides is 2. The molecule has 1 aliphatic heterocycles. The van der Waals surface area contributed by atoms with Crippen LogP contribution in [-0.2, 0) is 4.79 Å². The van der Waals surface area contributed by atoms with Crippen LogP contribution in [0, 0.1) is 0 Å². The summed E-state index contributed by atoms with van der Waals surface area (Å²) in [5.74, 6) is -4.52. The second-order valence-corrected chi connectivity index (χ2v) is 2.84. The fourth-order valence-corrected chi connectivity index (χ4v) is 1.41. The van der Waals surface area contributed by atoms with E-state index in [0.29, 0.717) is 6.42 Å². The zero-order valence-electron chi connectivity index (χ0n) is 6.23. The van der Waals surface area contributed by atoms with Gasteiger partial charge in [-0.1, -0.05) is 12.2 Å². The Balaban J connectivity index is 2.48. The van der Waals surface area contributed by atoms with Gasteiger partial charge in [0, 0.05) is 11.3 Å². The average Bonchev–Trinajstić information content (AvgIpc) is 2.25. The van der Waals surface area contributed by atoms with Crippen LogP contribution in [0.2, 0.25) is 0 Å². The first-order chi connectivity index (χ1) is 5.62. The number of carbonyl (C=O) groups excluding carboxylic acids is 1. The Morgan fingerprint density at radius 3 is 2.67 bits per heavy atom. The molecule has 12 heavy (non-hydrogen) atoms. The van der Waals surface area contributed by atoms with Gasteiger partial charge in [-0.05, 0) is 12.8 Å². The van der Waals surface area contributed by atoms with Crippen molar-refractivity contribution in [2.24, 2.45) is 0 Å². The minimum absolute atomic E-state index is 0.154. The number of carbonyl (C=O) groups is 1. The van der Waals surface area contributed by atoms with Crippen LogP contribution < -0.4 is 5.32 Å². The second-order valence-electron chi connectivity index (χ2n) is 2.84. The average molecular weight is 171 g/mol. The second kappa shape index (κ2) is 2.15. The molecule has 1 aliphatic carbocycles. The molecule has 0 aromatic carbocycles. The molecule has 0 spiro atoms. The molecule has 0 radical (unpaired) electrons. The van der Waals surface area contributed by atoms with Gasteiger partial charge in [0.2, 0.25) is 0 Å². The van der Waals surface area contributed by atoms with Crippen molar-refractivity contribution in [3.05, 3.63) is 23.4 Å². The van der Waals surface area contributed by atoms with Gasteiger partial charge in [-0.3, -0.25) is 4.79 Å². The highest BCUT2D eigenvalue weighted by Crippen LogP contribution is 2.37. The van der Waals surface area contributed by atoms with E-state index in [2.05, 4.69) is 5.32 Å². The van der Waals surface area contributed by atoms with Gasteiger partial charge in [0.05, 0.1) is 0 Å². The Bertz CT molecular complexity index is 304. The zero-order valence-corrected chi connectivity index (χ0v) is 6.23. The third-order valence-corrected chi connectivity index (χ3v) is 2.03. The third-order valence-electron chi connectivity index (χ3n) is 2.03. The highest BCUT2D eigenvalue weighted by molar-refractivity contribution is 5.94. The van der Waals surface area contributed by atoms with E-state index in [1.54, 1.807) is 6.08 Å². The highest BCUT2D eigenvalue weighted by Gasteiger charge is 2.50. The molecule has 0 saturated carbocycles. The fourth-order valence-electron chi connectivity index (χ4n) is 1.41. The summed E-state index contributed by atoms with van der Waals surface area (Å²) in [4.78, 5) is 10.7. The van der Waals surface area contributed by atoms with E-state index in [0.717, 1.165) is 6.42 Å². The minimum atomic E-state index is -3.31. The molecule has 0 aromatic rings. The molecule has 1 heterocycles. The van der Waals surface area contributed by atoms with Crippen LogP contribution in [-0.4, -0.2) is 11.8 Å². The molecule has 1 amide bonds. The largest absolute Gasteiger partial charge is 0.351 e. The van der Waals surface area contributed by atoms with Crippen LogP contribution in [0.5, 0.6) is 0 Å². The summed E-state index contributed by atoms with van der Waals surface area (Å²) >= 11 is 0. The van der Waals surface area contributed by atoms with Crippen LogP contribution >= 0.6 is 0 Å². The Morgan fingerprint density at radius 2 is 2.00 bits per heavy atom. The predicted molar refractivity (Wildman–Crippen MR) is 38.5 cm³/mol. The zero-order chi connectivity index (χ0) is 8.77. The number of amides is 1. The molecule has 1 N–H and O–H groups in total. The molecule has 1 fully saturated rings. The van der Waals surface area contributed by atoms with Crippen molar-refractivity contribution in [1.29, 1.82) is 0 Å². The first-order valence-corrected chi connectivity index (χ1v) is 3.73. The number of rotatable bonds is 0. The van der Waals surface area contributed by atoms with E-state index in [1.807, 2.05) is 0 Å². The maximum Gasteiger partial charge on any atom is 0.351 e. The van der Waals surface area contributed by atoms with Gasteiger partial charge in [-0.15, -0.1) is 0 Å². The van der Waals surface area contributed by atoms with Gasteiger partial charge in [0.25, 0.3) is 5.91 Å². The summed E-state index contributed by atoms with van der Waals surface area (Å²) in [6.07, 6.45) is 4.36. The molecule has 1 saturated heterocycles. The number of halogens is 2. The highest BCUT2D eigenvalue weighted by atomic mass is 19.3. The molecule has 0 unspecified atom stereocenters. The minimum Gasteiger partial charge on any atom is -0.320 e. The summed E-state index contributed by atoms with van der Waals surface area (Å²) in [6, 6.07) is 0. The maximum absolute atomic E-state index is 13.0. The van der Waals surface area contributed by atoms with Crippen molar-refractivity contribution >= 4 is 5.91 Å². The fraction of sp³-hybridized carbons (Fsp3) is 0.375. The Hall–Kier alpha value is -1.19. The maximum atomic E-state index is 13.0. The summed E-state index contributed by atoms with van der Waals surface area (Å²) in [6.45, 7) is 0. The lowest BCUT2D eigenvalue weighted by atomic mass is 10.0. The number of hydrogen-bond donors (Lipinski definition) is 1. The number of hydrogen-bond acceptors (Lipinski definition) is 1. The molecule has 64 valence electrons. The molecule has 4 heteroatoms. The summed E-state index contributed by atoms with van der Waals surface area (Å²) in [5, 5.41) is 2.15. The van der Waals surface area contributed by atoms with Gasteiger partial charge in [-0.2, -0.15) is 8.78 Å². The first kappa shape index (κ1) is 7.46. The lowest BCUT2D eigenvalue weighted by Crippen LogP contribution is -2.29. The first-order valence-electron chi connectivity index (χ1n) is 3.73. The lowest BCUT2D eigenvalue weighted by Gasteiger charge is -2.09. The molecule has 2 nitrogen and oxygen atoms in total. The van der Waals surface area contributed by atoms with Crippen LogP contribution in [0.1, 0.15) is 12.8 Å². The Kier molecular flexibility index (Phi) is 1.34. The van der Waals surface area contributed by atoms with Gasteiger partial charge < -0.3 is 5.32 Å². The standard InChI is InChI=1S/C8H7F2NO/c9-8(10)5-3-1-2-4-6(5)11-7(8)12/h3-4H,1-2H2,(H,11,12). The molecule has 2 aliphatic rings. The molecular weight excluding hydrogens is 164 g/mol. The van der Waals surface area contributed by atoms with E-state index in [1.165, 1.54) is 6.08 Å². The van der Waals surface area contributed by atoms with E-state index >= 15 is 0 Å². The predicted octanol–water partition coefficient (Wildman–Crippen LogP) is 1.36. The third kappa shape index (κ3) is 0.807. The van der Waals surface area contributed by atoms with E-state index in [9.17, 15) is 13.6 Å². The monoisotopic (exact) mass is 171 g/mol. The molecule has 0 atom stereocenters. The topological polar surface area (TPSA) is 29.1 Å². The van der Waals surface area contributed by atoms with Crippen LogP contribution in [0.25, 0.3) is 0 Å². The summed E-state index contributed by atoms with van der Waals surface area (Å²) < 4.78 is 25.9. The molecular formula is C8H7F2NO. The number of nitrogens with one attached hydrogen (secondary N) is 1. The Labute approximate surface area is 67.9 Å². The van der Waals surface area contributed by atoms with Crippen molar-refractivity contribution in [2.75, 3.05) is 0 Å². The van der Waals surface area contributed by atoms with Crippen molar-refractivity contribution < 1.29 is 13.6 Å². The van der Waals surface area contributed by atoms with Gasteiger partial charge in [0.15, 0.2) is 0 Å². The van der Waals surface area contributed by atoms with Crippen LogP contribution in [0.3, 0.4) is 0 Å². The van der Waals surface area contributed by atoms with Crippen molar-refractivity contribution in [3.8, 4) is 0 Å². The normalized spacial score (nSPS) is 25.7. The van der Waals surface area contributed by atoms with Gasteiger partial charge in [-0.25, -0.2) is 0 Å². The quantitative estimate of drug-likeness (QED) is 0.585. The SMILES string of the molecule is O=C1NC2=CCCC=C2C1(F)F. The van der Waals surface area contributed by atoms with Crippen molar-refractivity contribution in [1.82, 2.24) is 5.32 Å². The number of fused-ring (bicyclic) bond motifs is 1. The van der Waals surface area contributed by atoms with Gasteiger partial charge >= 0.3 is 5.92 Å². The molecule has 2 rings (SSSR count). The summed E-state index contributed by atoms with van der Waals surface area (Å²) in [5.41, 5.74) is 0.134. The molecule has 0 bridgehead atoms. The van der Waals surface area contributed by atoms with Crippen molar-refractivity contribution in [3.63, 3.8) is 0 Å². The van der Waals surface area contributed by atoms with E-state index in [4.69, 9.17) is 0 Å². The Morgan fingerprint density at radius 1 is 1.33 bits per heavy atom. The summed E-state index contributed by atoms with van der Waals surface area (Å²) in [7, 11) is 0. The van der Waals surface area contributed by atoms with Crippen LogP contribution in [0.15, 0.2) is 23.4 Å². The van der Waals surface area contributed by atoms with E-state index < -0.39 is 11.8 Å².